The van der Waals surface area contributed by atoms with Gasteiger partial charge in [-0.2, -0.15) is 4.68 Å². The van der Waals surface area contributed by atoms with Crippen molar-refractivity contribution < 1.29 is 9.59 Å². The number of hydrogen-bond acceptors (Lipinski definition) is 7. The molecule has 27 heavy (non-hydrogen) atoms. The number of carbonyl (C=O) groups excluding carboxylic acids is 2. The Morgan fingerprint density at radius 2 is 2.15 bits per heavy atom. The van der Waals surface area contributed by atoms with Crippen molar-refractivity contribution in [3.05, 3.63) is 52.2 Å². The summed E-state index contributed by atoms with van der Waals surface area (Å²) in [4.78, 5) is 24.9. The van der Waals surface area contributed by atoms with Gasteiger partial charge in [-0.1, -0.05) is 30.0 Å². The second kappa shape index (κ2) is 9.28. The van der Waals surface area contributed by atoms with Gasteiger partial charge in [-0.05, 0) is 52.9 Å². The molecule has 0 atom stereocenters. The van der Waals surface area contributed by atoms with Crippen LogP contribution in [0.15, 0.2) is 46.9 Å². The fraction of sp³-hybridized carbons (Fsp3) is 0.235. The maximum atomic E-state index is 12.0. The Bertz CT molecular complexity index is 910. The predicted octanol–water partition coefficient (Wildman–Crippen LogP) is 2.19. The van der Waals surface area contributed by atoms with Crippen molar-refractivity contribution in [3.8, 4) is 5.69 Å². The number of tetrazole rings is 1. The largest absolute Gasteiger partial charge is 0.337 e. The second-order valence-electron chi connectivity index (χ2n) is 5.63. The zero-order valence-electron chi connectivity index (χ0n) is 14.6. The number of nitrogens with one attached hydrogen (secondary N) is 2. The fourth-order valence-electron chi connectivity index (χ4n) is 2.28. The summed E-state index contributed by atoms with van der Waals surface area (Å²) in [6.45, 7) is 2.45. The molecule has 8 nitrogen and oxygen atoms in total. The van der Waals surface area contributed by atoms with Crippen LogP contribution in [-0.2, 0) is 11.2 Å². The summed E-state index contributed by atoms with van der Waals surface area (Å²) in [6.07, 6.45) is 0.735. The summed E-state index contributed by atoms with van der Waals surface area (Å²) in [7, 11) is 0. The Morgan fingerprint density at radius 3 is 2.93 bits per heavy atom. The summed E-state index contributed by atoms with van der Waals surface area (Å²) in [5.41, 5.74) is 1.89. The molecule has 2 N–H and O–H groups in total. The minimum Gasteiger partial charge on any atom is -0.337 e. The molecule has 0 spiro atoms. The highest BCUT2D eigenvalue weighted by atomic mass is 32.2. The minimum atomic E-state index is -0.504. The summed E-state index contributed by atoms with van der Waals surface area (Å²) in [5.74, 6) is -0.378. The lowest BCUT2D eigenvalue weighted by molar-refractivity contribution is -0.117. The molecular weight excluding hydrogens is 384 g/mol. The average Bonchev–Trinajstić information content (AvgIpc) is 3.31. The molecule has 10 heteroatoms. The van der Waals surface area contributed by atoms with Gasteiger partial charge in [-0.3, -0.25) is 10.1 Å². The highest BCUT2D eigenvalue weighted by molar-refractivity contribution is 7.99. The second-order valence-corrected chi connectivity index (χ2v) is 7.61. The molecule has 140 valence electrons. The van der Waals surface area contributed by atoms with E-state index in [1.165, 1.54) is 4.88 Å². The first-order valence-electron chi connectivity index (χ1n) is 8.20. The van der Waals surface area contributed by atoms with Gasteiger partial charge in [0.05, 0.1) is 11.4 Å². The van der Waals surface area contributed by atoms with E-state index >= 15 is 0 Å². The van der Waals surface area contributed by atoms with E-state index in [1.807, 2.05) is 48.7 Å². The molecule has 3 rings (SSSR count). The molecule has 3 amide bonds. The van der Waals surface area contributed by atoms with Gasteiger partial charge < -0.3 is 5.32 Å². The van der Waals surface area contributed by atoms with E-state index in [4.69, 9.17) is 0 Å². The van der Waals surface area contributed by atoms with Crippen LogP contribution in [-0.4, -0.2) is 44.4 Å². The lowest BCUT2D eigenvalue weighted by Gasteiger charge is -2.07. The van der Waals surface area contributed by atoms with Gasteiger partial charge in [0.1, 0.15) is 0 Å². The summed E-state index contributed by atoms with van der Waals surface area (Å²) in [5, 5.41) is 19.0. The molecular formula is C17H18N6O2S2. The van der Waals surface area contributed by atoms with Crippen LogP contribution in [0.1, 0.15) is 10.4 Å². The number of nitrogens with zero attached hydrogens (tertiary/aromatic N) is 4. The van der Waals surface area contributed by atoms with Gasteiger partial charge in [0.25, 0.3) is 0 Å². The van der Waals surface area contributed by atoms with E-state index in [-0.39, 0.29) is 5.75 Å². The number of amides is 3. The van der Waals surface area contributed by atoms with Crippen LogP contribution in [0.5, 0.6) is 0 Å². The van der Waals surface area contributed by atoms with Crippen LogP contribution in [0.4, 0.5) is 4.79 Å². The summed E-state index contributed by atoms with van der Waals surface area (Å²) in [6, 6.07) is 11.2. The summed E-state index contributed by atoms with van der Waals surface area (Å²) < 4.78 is 1.56. The van der Waals surface area contributed by atoms with Crippen molar-refractivity contribution in [2.75, 3.05) is 12.3 Å². The van der Waals surface area contributed by atoms with Crippen LogP contribution in [0, 0.1) is 6.92 Å². The SMILES string of the molecule is Cc1cccc(-n2nnnc2SCC(=O)NC(=O)NCCc2cccs2)c1. The maximum absolute atomic E-state index is 12.0. The third-order valence-corrected chi connectivity index (χ3v) is 5.36. The molecule has 0 saturated carbocycles. The van der Waals surface area contributed by atoms with E-state index < -0.39 is 11.9 Å². The van der Waals surface area contributed by atoms with Crippen molar-refractivity contribution in [3.63, 3.8) is 0 Å². The number of benzene rings is 1. The van der Waals surface area contributed by atoms with Gasteiger partial charge in [-0.15, -0.1) is 16.4 Å². The van der Waals surface area contributed by atoms with Crippen molar-refractivity contribution in [2.24, 2.45) is 0 Å². The standard InChI is InChI=1S/C17H18N6O2S2/c1-12-4-2-5-13(10-12)23-17(20-21-22-23)27-11-15(24)19-16(25)18-8-7-14-6-3-9-26-14/h2-6,9-10H,7-8,11H2,1H3,(H2,18,19,24,25). The smallest absolute Gasteiger partial charge is 0.321 e. The molecule has 0 bridgehead atoms. The van der Waals surface area contributed by atoms with E-state index in [0.29, 0.717) is 11.7 Å². The van der Waals surface area contributed by atoms with Gasteiger partial charge in [0.2, 0.25) is 11.1 Å². The molecule has 0 aliphatic carbocycles. The number of aromatic nitrogens is 4. The zero-order chi connectivity index (χ0) is 19.1. The zero-order valence-corrected chi connectivity index (χ0v) is 16.2. The number of carbonyl (C=O) groups is 2. The first kappa shape index (κ1) is 19.1. The lowest BCUT2D eigenvalue weighted by Crippen LogP contribution is -2.41. The quantitative estimate of drug-likeness (QED) is 0.588. The van der Waals surface area contributed by atoms with Gasteiger partial charge in [0, 0.05) is 11.4 Å². The van der Waals surface area contributed by atoms with E-state index in [0.717, 1.165) is 29.4 Å². The number of rotatable bonds is 7. The van der Waals surface area contributed by atoms with Crippen LogP contribution in [0.2, 0.25) is 0 Å². The highest BCUT2D eigenvalue weighted by Crippen LogP contribution is 2.18. The molecule has 1 aromatic carbocycles. The fourth-order valence-corrected chi connectivity index (χ4v) is 3.68. The number of imide groups is 1. The molecule has 0 fully saturated rings. The highest BCUT2D eigenvalue weighted by Gasteiger charge is 2.13. The van der Waals surface area contributed by atoms with Gasteiger partial charge >= 0.3 is 6.03 Å². The molecule has 0 saturated heterocycles. The van der Waals surface area contributed by atoms with Gasteiger partial charge in [0.15, 0.2) is 0 Å². The van der Waals surface area contributed by atoms with Crippen LogP contribution < -0.4 is 10.6 Å². The number of thiophene rings is 1. The van der Waals surface area contributed by atoms with E-state index in [1.54, 1.807) is 16.0 Å². The molecule has 2 heterocycles. The molecule has 3 aromatic rings. The Kier molecular flexibility index (Phi) is 6.55. The van der Waals surface area contributed by atoms with Crippen molar-refractivity contribution in [2.45, 2.75) is 18.5 Å². The number of aryl methyl sites for hydroxylation is 1. The Morgan fingerprint density at radius 1 is 1.26 bits per heavy atom. The van der Waals surface area contributed by atoms with E-state index in [9.17, 15) is 9.59 Å². The minimum absolute atomic E-state index is 0.0323. The molecule has 0 aliphatic heterocycles. The third kappa shape index (κ3) is 5.63. The van der Waals surface area contributed by atoms with Crippen LogP contribution >= 0.6 is 23.1 Å². The number of urea groups is 1. The number of hydrogen-bond donors (Lipinski definition) is 2. The van der Waals surface area contributed by atoms with E-state index in [2.05, 4.69) is 26.2 Å². The Labute approximate surface area is 164 Å². The van der Waals surface area contributed by atoms with Crippen LogP contribution in [0.25, 0.3) is 5.69 Å². The summed E-state index contributed by atoms with van der Waals surface area (Å²) >= 11 is 2.80. The topological polar surface area (TPSA) is 102 Å². The van der Waals surface area contributed by atoms with Crippen molar-refractivity contribution >= 4 is 35.0 Å². The van der Waals surface area contributed by atoms with Crippen molar-refractivity contribution in [1.82, 2.24) is 30.8 Å². The molecule has 0 unspecified atom stereocenters. The normalized spacial score (nSPS) is 10.6. The third-order valence-electron chi connectivity index (χ3n) is 3.51. The van der Waals surface area contributed by atoms with Gasteiger partial charge in [-0.25, -0.2) is 4.79 Å². The Hall–Kier alpha value is -2.72. The van der Waals surface area contributed by atoms with Crippen molar-refractivity contribution in [1.29, 1.82) is 0 Å². The van der Waals surface area contributed by atoms with Crippen LogP contribution in [0.3, 0.4) is 0 Å². The molecule has 2 aromatic heterocycles. The first-order valence-corrected chi connectivity index (χ1v) is 10.1. The monoisotopic (exact) mass is 402 g/mol. The Balaban J connectivity index is 1.45. The lowest BCUT2D eigenvalue weighted by atomic mass is 10.2. The molecule has 0 aliphatic rings. The first-order chi connectivity index (χ1) is 13.1. The predicted molar refractivity (Wildman–Crippen MR) is 104 cm³/mol. The average molecular weight is 403 g/mol. The maximum Gasteiger partial charge on any atom is 0.321 e. The number of thioether (sulfide) groups is 1. The molecule has 0 radical (unpaired) electrons.